The third kappa shape index (κ3) is 2.74. The van der Waals surface area contributed by atoms with Gasteiger partial charge in [0.25, 0.3) is 0 Å². The van der Waals surface area contributed by atoms with Crippen molar-refractivity contribution in [3.8, 4) is 0 Å². The van der Waals surface area contributed by atoms with E-state index in [9.17, 15) is 4.79 Å². The van der Waals surface area contributed by atoms with E-state index < -0.39 is 0 Å². The first kappa shape index (κ1) is 12.5. The molecular formula is C12H12ClN3O2S. The van der Waals surface area contributed by atoms with Crippen LogP contribution in [-0.2, 0) is 4.74 Å². The first-order valence-electron chi connectivity index (χ1n) is 5.94. The molecule has 7 heteroatoms. The summed E-state index contributed by atoms with van der Waals surface area (Å²) in [4.78, 5) is 17.4. The summed E-state index contributed by atoms with van der Waals surface area (Å²) in [5.74, 6) is 0. The van der Waals surface area contributed by atoms with Gasteiger partial charge >= 0.3 is 6.09 Å². The van der Waals surface area contributed by atoms with Crippen LogP contribution in [0.15, 0.2) is 18.2 Å². The smallest absolute Gasteiger partial charge is 0.409 e. The molecule has 5 nitrogen and oxygen atoms in total. The Balaban J connectivity index is 1.60. The summed E-state index contributed by atoms with van der Waals surface area (Å²) in [5.41, 5.74) is 0.928. The molecular weight excluding hydrogens is 286 g/mol. The molecule has 1 aromatic heterocycles. The van der Waals surface area contributed by atoms with E-state index in [-0.39, 0.29) is 6.09 Å². The van der Waals surface area contributed by atoms with Gasteiger partial charge in [0.15, 0.2) is 5.13 Å². The molecule has 0 radical (unpaired) electrons. The molecule has 0 unspecified atom stereocenters. The average molecular weight is 298 g/mol. The predicted octanol–water partition coefficient (Wildman–Crippen LogP) is 2.81. The van der Waals surface area contributed by atoms with Gasteiger partial charge in [-0.1, -0.05) is 22.9 Å². The Bertz CT molecular complexity index is 616. The Hall–Kier alpha value is -1.53. The van der Waals surface area contributed by atoms with E-state index in [2.05, 4.69) is 10.3 Å². The minimum absolute atomic E-state index is 0.238. The van der Waals surface area contributed by atoms with Crippen LogP contribution >= 0.6 is 22.9 Å². The zero-order valence-corrected chi connectivity index (χ0v) is 11.6. The second-order valence-electron chi connectivity index (χ2n) is 4.16. The normalized spacial score (nSPS) is 15.0. The third-order valence-electron chi connectivity index (χ3n) is 2.85. The summed E-state index contributed by atoms with van der Waals surface area (Å²) in [5, 5.41) is 4.76. The monoisotopic (exact) mass is 297 g/mol. The Morgan fingerprint density at radius 2 is 2.42 bits per heavy atom. The number of hydrogen-bond donors (Lipinski definition) is 1. The van der Waals surface area contributed by atoms with Gasteiger partial charge in [0, 0.05) is 18.1 Å². The molecule has 1 aliphatic heterocycles. The number of carbonyl (C=O) groups excluding carboxylic acids is 1. The quantitative estimate of drug-likeness (QED) is 0.943. The van der Waals surface area contributed by atoms with Crippen molar-refractivity contribution in [1.82, 2.24) is 9.88 Å². The topological polar surface area (TPSA) is 54.5 Å². The van der Waals surface area contributed by atoms with Crippen molar-refractivity contribution in [3.05, 3.63) is 23.2 Å². The van der Waals surface area contributed by atoms with E-state index in [1.54, 1.807) is 16.2 Å². The van der Waals surface area contributed by atoms with Crippen LogP contribution in [0.5, 0.6) is 0 Å². The van der Waals surface area contributed by atoms with Gasteiger partial charge in [-0.2, -0.15) is 0 Å². The Morgan fingerprint density at radius 3 is 3.21 bits per heavy atom. The number of carbonyl (C=O) groups is 1. The van der Waals surface area contributed by atoms with E-state index in [0.717, 1.165) is 15.3 Å². The maximum absolute atomic E-state index is 11.2. The molecule has 1 saturated heterocycles. The lowest BCUT2D eigenvalue weighted by atomic mass is 10.3. The number of aromatic nitrogens is 1. The molecule has 1 aromatic carbocycles. The van der Waals surface area contributed by atoms with Crippen LogP contribution < -0.4 is 5.32 Å². The number of halogens is 1. The second-order valence-corrected chi connectivity index (χ2v) is 5.63. The molecule has 100 valence electrons. The van der Waals surface area contributed by atoms with Crippen LogP contribution in [0.2, 0.25) is 5.02 Å². The van der Waals surface area contributed by atoms with Gasteiger partial charge in [-0.3, -0.25) is 0 Å². The summed E-state index contributed by atoms with van der Waals surface area (Å²) in [6.45, 7) is 2.42. The molecule has 19 heavy (non-hydrogen) atoms. The van der Waals surface area contributed by atoms with Crippen molar-refractivity contribution in [1.29, 1.82) is 0 Å². The van der Waals surface area contributed by atoms with E-state index >= 15 is 0 Å². The summed E-state index contributed by atoms with van der Waals surface area (Å²) >= 11 is 7.49. The average Bonchev–Trinajstić information content (AvgIpc) is 2.95. The first-order valence-corrected chi connectivity index (χ1v) is 7.13. The lowest BCUT2D eigenvalue weighted by molar-refractivity contribution is 0.159. The van der Waals surface area contributed by atoms with Gasteiger partial charge in [0.05, 0.1) is 16.8 Å². The van der Waals surface area contributed by atoms with E-state index in [0.29, 0.717) is 31.3 Å². The summed E-state index contributed by atoms with van der Waals surface area (Å²) in [6.07, 6.45) is -0.238. The number of amides is 1. The minimum atomic E-state index is -0.238. The fourth-order valence-electron chi connectivity index (χ4n) is 1.90. The highest BCUT2D eigenvalue weighted by atomic mass is 35.5. The molecule has 1 aliphatic rings. The molecule has 0 atom stereocenters. The van der Waals surface area contributed by atoms with Crippen molar-refractivity contribution in [2.45, 2.75) is 0 Å². The van der Waals surface area contributed by atoms with Crippen molar-refractivity contribution < 1.29 is 9.53 Å². The number of rotatable bonds is 4. The van der Waals surface area contributed by atoms with Gasteiger partial charge in [-0.25, -0.2) is 9.78 Å². The number of ether oxygens (including phenoxy) is 1. The zero-order valence-electron chi connectivity index (χ0n) is 10.1. The maximum Gasteiger partial charge on any atom is 0.409 e. The highest BCUT2D eigenvalue weighted by Gasteiger charge is 2.20. The number of hydrogen-bond acceptors (Lipinski definition) is 5. The largest absolute Gasteiger partial charge is 0.448 e. The van der Waals surface area contributed by atoms with Crippen LogP contribution in [0.1, 0.15) is 0 Å². The molecule has 0 saturated carbocycles. The standard InChI is InChI=1S/C12H12ClN3O2S/c13-8-1-2-9-10(7-8)19-11(15-9)14-3-4-16-5-6-18-12(16)17/h1-2,7H,3-6H2,(H,14,15). The molecule has 3 rings (SSSR count). The van der Waals surface area contributed by atoms with Gasteiger partial charge < -0.3 is 15.0 Å². The van der Waals surface area contributed by atoms with Crippen molar-refractivity contribution in [3.63, 3.8) is 0 Å². The van der Waals surface area contributed by atoms with Gasteiger partial charge in [-0.05, 0) is 18.2 Å². The fraction of sp³-hybridized carbons (Fsp3) is 0.333. The van der Waals surface area contributed by atoms with E-state index in [4.69, 9.17) is 16.3 Å². The third-order valence-corrected chi connectivity index (χ3v) is 4.06. The number of nitrogens with zero attached hydrogens (tertiary/aromatic N) is 2. The highest BCUT2D eigenvalue weighted by Crippen LogP contribution is 2.28. The first-order chi connectivity index (χ1) is 9.22. The molecule has 1 amide bonds. The Labute approximate surface area is 119 Å². The second kappa shape index (κ2) is 5.22. The van der Waals surface area contributed by atoms with Gasteiger partial charge in [0.1, 0.15) is 6.61 Å². The van der Waals surface area contributed by atoms with Crippen molar-refractivity contribution >= 4 is 44.4 Å². The van der Waals surface area contributed by atoms with E-state index in [1.165, 1.54) is 0 Å². The van der Waals surface area contributed by atoms with Crippen LogP contribution in [0, 0.1) is 0 Å². The highest BCUT2D eigenvalue weighted by molar-refractivity contribution is 7.22. The SMILES string of the molecule is O=C1OCCN1CCNc1nc2ccc(Cl)cc2s1. The number of benzene rings is 1. The molecule has 0 aliphatic carbocycles. The van der Waals surface area contributed by atoms with Crippen LogP contribution in [-0.4, -0.2) is 42.2 Å². The summed E-state index contributed by atoms with van der Waals surface area (Å²) in [7, 11) is 0. The minimum Gasteiger partial charge on any atom is -0.448 e. The molecule has 2 aromatic rings. The molecule has 0 spiro atoms. The summed E-state index contributed by atoms with van der Waals surface area (Å²) < 4.78 is 5.91. The number of fused-ring (bicyclic) bond motifs is 1. The number of cyclic esters (lactones) is 1. The van der Waals surface area contributed by atoms with E-state index in [1.807, 2.05) is 18.2 Å². The molecule has 0 bridgehead atoms. The lowest BCUT2D eigenvalue weighted by Gasteiger charge is -2.11. The zero-order chi connectivity index (χ0) is 13.2. The molecule has 1 N–H and O–H groups in total. The number of anilines is 1. The molecule has 2 heterocycles. The Kier molecular flexibility index (Phi) is 3.44. The van der Waals surface area contributed by atoms with Gasteiger partial charge in [-0.15, -0.1) is 0 Å². The number of thiazole rings is 1. The van der Waals surface area contributed by atoms with Crippen LogP contribution in [0.4, 0.5) is 9.93 Å². The predicted molar refractivity (Wildman–Crippen MR) is 76.0 cm³/mol. The lowest BCUT2D eigenvalue weighted by Crippen LogP contribution is -2.29. The van der Waals surface area contributed by atoms with Gasteiger partial charge in [0.2, 0.25) is 0 Å². The van der Waals surface area contributed by atoms with Crippen molar-refractivity contribution in [2.24, 2.45) is 0 Å². The van der Waals surface area contributed by atoms with Crippen molar-refractivity contribution in [2.75, 3.05) is 31.6 Å². The van der Waals surface area contributed by atoms with Crippen LogP contribution in [0.3, 0.4) is 0 Å². The Morgan fingerprint density at radius 1 is 1.53 bits per heavy atom. The molecule has 1 fully saturated rings. The summed E-state index contributed by atoms with van der Waals surface area (Å²) in [6, 6.07) is 5.63. The maximum atomic E-state index is 11.2. The number of nitrogens with one attached hydrogen (secondary N) is 1. The fourth-order valence-corrected chi connectivity index (χ4v) is 3.07. The van der Waals surface area contributed by atoms with Crippen LogP contribution in [0.25, 0.3) is 10.2 Å².